The smallest absolute Gasteiger partial charge is 0.201 e. The second kappa shape index (κ2) is 8.92. The molecule has 1 heterocycles. The van der Waals surface area contributed by atoms with Crippen LogP contribution in [0.5, 0.6) is 0 Å². The Kier molecular flexibility index (Phi) is 5.32. The van der Waals surface area contributed by atoms with Gasteiger partial charge in [0, 0.05) is 5.56 Å². The highest BCUT2D eigenvalue weighted by molar-refractivity contribution is 6.03. The van der Waals surface area contributed by atoms with Crippen LogP contribution in [0.2, 0.25) is 0 Å². The van der Waals surface area contributed by atoms with E-state index in [1.807, 2.05) is 109 Å². The highest BCUT2D eigenvalue weighted by Gasteiger charge is 2.22. The third-order valence-corrected chi connectivity index (χ3v) is 6.30. The van der Waals surface area contributed by atoms with Crippen molar-refractivity contribution < 1.29 is 4.42 Å². The molecule has 2 nitrogen and oxygen atoms in total. The van der Waals surface area contributed by atoms with Crippen molar-refractivity contribution in [3.63, 3.8) is 0 Å². The zero-order chi connectivity index (χ0) is 23.6. The van der Waals surface area contributed by atoms with Crippen molar-refractivity contribution in [1.29, 1.82) is 0 Å². The molecule has 35 heavy (non-hydrogen) atoms. The predicted molar refractivity (Wildman–Crippen MR) is 145 cm³/mol. The van der Waals surface area contributed by atoms with Gasteiger partial charge in [-0.1, -0.05) is 115 Å². The molecule has 2 heteroatoms. The molecule has 0 unspecified atom stereocenters. The zero-order valence-electron chi connectivity index (χ0n) is 19.0. The fraction of sp³-hybridized carbons (Fsp3) is 0. The Labute approximate surface area is 203 Å². The Bertz CT molecular complexity index is 1740. The van der Waals surface area contributed by atoms with Crippen LogP contribution in [0, 0.1) is 0 Å². The highest BCUT2D eigenvalue weighted by Crippen LogP contribution is 2.37. The second-order valence-corrected chi connectivity index (χ2v) is 8.49. The van der Waals surface area contributed by atoms with Gasteiger partial charge in [0.25, 0.3) is 0 Å². The van der Waals surface area contributed by atoms with Crippen molar-refractivity contribution in [2.24, 2.45) is 0 Å². The highest BCUT2D eigenvalue weighted by atomic mass is 16.3. The lowest BCUT2D eigenvalue weighted by atomic mass is 9.90. The van der Waals surface area contributed by atoms with Crippen molar-refractivity contribution >= 4 is 33.4 Å². The largest absolute Gasteiger partial charge is 0.455 e. The molecule has 0 saturated carbocycles. The Morgan fingerprint density at radius 3 is 2.03 bits per heavy atom. The molecule has 0 aliphatic carbocycles. The quantitative estimate of drug-likeness (QED) is 0.253. The van der Waals surface area contributed by atoms with Gasteiger partial charge in [0.2, 0.25) is 5.43 Å². The Morgan fingerprint density at radius 2 is 1.23 bits per heavy atom. The first-order valence-electron chi connectivity index (χ1n) is 11.7. The van der Waals surface area contributed by atoms with Gasteiger partial charge in [-0.05, 0) is 45.7 Å². The molecule has 6 rings (SSSR count). The summed E-state index contributed by atoms with van der Waals surface area (Å²) in [6.07, 6.45) is 2.07. The topological polar surface area (TPSA) is 30.2 Å². The first kappa shape index (κ1) is 20.9. The van der Waals surface area contributed by atoms with Crippen LogP contribution in [-0.4, -0.2) is 0 Å². The summed E-state index contributed by atoms with van der Waals surface area (Å²) in [6, 6.07) is 41.9. The standard InChI is InChI=1S/C33H22O2/c34-32-28-19-9-10-21-30(28)35-33(27-20-11-17-24-16-7-8-18-26(24)27)31(32)29(25-14-5-2-6-15-25)22-23-12-3-1-4-13-23/h1-22H/b29-22+. The van der Waals surface area contributed by atoms with Gasteiger partial charge in [-0.25, -0.2) is 0 Å². The van der Waals surface area contributed by atoms with Crippen LogP contribution in [0.3, 0.4) is 0 Å². The molecular weight excluding hydrogens is 428 g/mol. The lowest BCUT2D eigenvalue weighted by Crippen LogP contribution is -2.11. The van der Waals surface area contributed by atoms with E-state index in [4.69, 9.17) is 4.42 Å². The zero-order valence-corrected chi connectivity index (χ0v) is 19.0. The van der Waals surface area contributed by atoms with E-state index in [9.17, 15) is 4.79 Å². The maximum Gasteiger partial charge on any atom is 0.201 e. The molecule has 0 saturated heterocycles. The van der Waals surface area contributed by atoms with Gasteiger partial charge in [-0.15, -0.1) is 0 Å². The molecule has 0 spiro atoms. The summed E-state index contributed by atoms with van der Waals surface area (Å²) in [5, 5.41) is 2.71. The van der Waals surface area contributed by atoms with Crippen LogP contribution < -0.4 is 5.43 Å². The van der Waals surface area contributed by atoms with E-state index in [0.29, 0.717) is 22.3 Å². The SMILES string of the molecule is O=c1c(/C(=C/c2ccccc2)c2ccccc2)c(-c2cccc3ccccc23)oc2ccccc12. The summed E-state index contributed by atoms with van der Waals surface area (Å²) in [5.41, 5.74) is 4.81. The summed E-state index contributed by atoms with van der Waals surface area (Å²) >= 11 is 0. The molecule has 166 valence electrons. The fourth-order valence-electron chi connectivity index (χ4n) is 4.63. The summed E-state index contributed by atoms with van der Waals surface area (Å²) in [7, 11) is 0. The average Bonchev–Trinajstić information content (AvgIpc) is 2.93. The van der Waals surface area contributed by atoms with Crippen LogP contribution in [-0.2, 0) is 0 Å². The number of hydrogen-bond acceptors (Lipinski definition) is 2. The third kappa shape index (κ3) is 3.85. The van der Waals surface area contributed by atoms with Gasteiger partial charge in [0.1, 0.15) is 11.3 Å². The first-order valence-corrected chi connectivity index (χ1v) is 11.7. The molecule has 0 bridgehead atoms. The van der Waals surface area contributed by atoms with Gasteiger partial charge in [-0.3, -0.25) is 4.79 Å². The number of hydrogen-bond donors (Lipinski definition) is 0. The first-order chi connectivity index (χ1) is 17.3. The maximum atomic E-state index is 14.2. The lowest BCUT2D eigenvalue weighted by Gasteiger charge is -2.15. The van der Waals surface area contributed by atoms with E-state index in [-0.39, 0.29) is 5.43 Å². The van der Waals surface area contributed by atoms with E-state index >= 15 is 0 Å². The fourth-order valence-corrected chi connectivity index (χ4v) is 4.63. The van der Waals surface area contributed by atoms with Crippen molar-refractivity contribution in [3.05, 3.63) is 154 Å². The molecule has 1 aromatic heterocycles. The van der Waals surface area contributed by atoms with Crippen LogP contribution in [0.25, 0.3) is 44.7 Å². The monoisotopic (exact) mass is 450 g/mol. The van der Waals surface area contributed by atoms with Crippen molar-refractivity contribution in [2.75, 3.05) is 0 Å². The number of benzene rings is 5. The number of fused-ring (bicyclic) bond motifs is 2. The molecule has 5 aromatic carbocycles. The van der Waals surface area contributed by atoms with Crippen molar-refractivity contribution in [1.82, 2.24) is 0 Å². The molecule has 0 aliphatic heterocycles. The Hall–Kier alpha value is -4.69. The van der Waals surface area contributed by atoms with Crippen LogP contribution >= 0.6 is 0 Å². The summed E-state index contributed by atoms with van der Waals surface area (Å²) in [5.74, 6) is 0.580. The Balaban J connectivity index is 1.76. The van der Waals surface area contributed by atoms with E-state index in [1.54, 1.807) is 0 Å². The molecular formula is C33H22O2. The van der Waals surface area contributed by atoms with Crippen LogP contribution in [0.4, 0.5) is 0 Å². The van der Waals surface area contributed by atoms with Gasteiger partial charge < -0.3 is 4.42 Å². The second-order valence-electron chi connectivity index (χ2n) is 8.49. The summed E-state index contributed by atoms with van der Waals surface area (Å²) in [6.45, 7) is 0. The predicted octanol–water partition coefficient (Wildman–Crippen LogP) is 8.20. The minimum Gasteiger partial charge on any atom is -0.455 e. The number of para-hydroxylation sites is 1. The lowest BCUT2D eigenvalue weighted by molar-refractivity contribution is 0.618. The average molecular weight is 451 g/mol. The minimum atomic E-state index is -0.0409. The van der Waals surface area contributed by atoms with E-state index in [0.717, 1.165) is 33.0 Å². The Morgan fingerprint density at radius 1 is 0.600 bits per heavy atom. The molecule has 6 aromatic rings. The van der Waals surface area contributed by atoms with E-state index in [2.05, 4.69) is 24.3 Å². The van der Waals surface area contributed by atoms with Gasteiger partial charge in [0.05, 0.1) is 10.9 Å². The molecule has 0 fully saturated rings. The minimum absolute atomic E-state index is 0.0409. The van der Waals surface area contributed by atoms with Gasteiger partial charge in [0.15, 0.2) is 0 Å². The van der Waals surface area contributed by atoms with Crippen LogP contribution in [0.15, 0.2) is 137 Å². The van der Waals surface area contributed by atoms with E-state index in [1.165, 1.54) is 0 Å². The van der Waals surface area contributed by atoms with Crippen LogP contribution in [0.1, 0.15) is 16.7 Å². The van der Waals surface area contributed by atoms with Gasteiger partial charge in [-0.2, -0.15) is 0 Å². The normalized spacial score (nSPS) is 11.7. The van der Waals surface area contributed by atoms with Crippen molar-refractivity contribution in [2.45, 2.75) is 0 Å². The summed E-state index contributed by atoms with van der Waals surface area (Å²) < 4.78 is 6.57. The molecule has 0 amide bonds. The van der Waals surface area contributed by atoms with Gasteiger partial charge >= 0.3 is 0 Å². The molecule has 0 aliphatic rings. The number of rotatable bonds is 4. The maximum absolute atomic E-state index is 14.2. The third-order valence-electron chi connectivity index (χ3n) is 6.30. The molecule has 0 radical (unpaired) electrons. The molecule has 0 atom stereocenters. The summed E-state index contributed by atoms with van der Waals surface area (Å²) in [4.78, 5) is 14.2. The van der Waals surface area contributed by atoms with E-state index < -0.39 is 0 Å². The molecule has 0 N–H and O–H groups in total. The van der Waals surface area contributed by atoms with Crippen molar-refractivity contribution in [3.8, 4) is 11.3 Å².